The minimum atomic E-state index is -3.68. The number of sulfonamides is 1. The molecule has 1 heterocycles. The van der Waals surface area contributed by atoms with Crippen molar-refractivity contribution in [1.29, 1.82) is 0 Å². The van der Waals surface area contributed by atoms with E-state index in [-0.39, 0.29) is 4.90 Å². The van der Waals surface area contributed by atoms with E-state index >= 15 is 0 Å². The molecule has 0 fully saturated rings. The van der Waals surface area contributed by atoms with Gasteiger partial charge in [-0.1, -0.05) is 18.2 Å². The second kappa shape index (κ2) is 6.45. The third-order valence-electron chi connectivity index (χ3n) is 4.34. The Kier molecular flexibility index (Phi) is 4.51. The number of fused-ring (bicyclic) bond motifs is 1. The van der Waals surface area contributed by atoms with Crippen LogP contribution in [0.2, 0.25) is 0 Å². The first-order valence-electron chi connectivity index (χ1n) is 7.96. The van der Waals surface area contributed by atoms with Crippen LogP contribution in [0.25, 0.3) is 0 Å². The fourth-order valence-electron chi connectivity index (χ4n) is 3.10. The van der Waals surface area contributed by atoms with Crippen molar-refractivity contribution in [2.75, 3.05) is 18.0 Å². The number of aryl methyl sites for hydroxylation is 2. The van der Waals surface area contributed by atoms with Crippen LogP contribution in [0.3, 0.4) is 0 Å². The van der Waals surface area contributed by atoms with Gasteiger partial charge < -0.3 is 10.5 Å². The molecule has 2 aromatic carbocycles. The molecule has 128 valence electrons. The van der Waals surface area contributed by atoms with Crippen LogP contribution in [0.5, 0.6) is 5.75 Å². The standard InChI is InChI=1S/C18H22N2O3S/c1-13-5-8-17(23-2)18(10-13)24(21,22)20-9-3-4-15-11-14(12-19)6-7-16(15)20/h5-8,10-11H,3-4,9,12,19H2,1-2H3. The van der Waals surface area contributed by atoms with Gasteiger partial charge in [0, 0.05) is 13.1 Å². The van der Waals surface area contributed by atoms with Crippen molar-refractivity contribution in [1.82, 2.24) is 0 Å². The molecule has 0 atom stereocenters. The molecule has 5 nitrogen and oxygen atoms in total. The van der Waals surface area contributed by atoms with E-state index in [1.165, 1.54) is 11.4 Å². The predicted molar refractivity (Wildman–Crippen MR) is 94.9 cm³/mol. The number of nitrogens with zero attached hydrogens (tertiary/aromatic N) is 1. The van der Waals surface area contributed by atoms with E-state index in [1.807, 2.05) is 31.2 Å². The number of methoxy groups -OCH3 is 1. The Hall–Kier alpha value is -2.05. The lowest BCUT2D eigenvalue weighted by atomic mass is 10.0. The number of nitrogens with two attached hydrogens (primary N) is 1. The minimum Gasteiger partial charge on any atom is -0.495 e. The Morgan fingerprint density at radius 1 is 1.21 bits per heavy atom. The van der Waals surface area contributed by atoms with E-state index in [0.29, 0.717) is 18.8 Å². The molecular formula is C18H22N2O3S. The zero-order chi connectivity index (χ0) is 17.3. The van der Waals surface area contributed by atoms with Crippen molar-refractivity contribution in [3.8, 4) is 5.75 Å². The Morgan fingerprint density at radius 3 is 2.71 bits per heavy atom. The summed E-state index contributed by atoms with van der Waals surface area (Å²) < 4.78 is 33.3. The van der Waals surface area contributed by atoms with Crippen molar-refractivity contribution in [3.05, 3.63) is 53.1 Å². The van der Waals surface area contributed by atoms with Crippen molar-refractivity contribution < 1.29 is 13.2 Å². The SMILES string of the molecule is COc1ccc(C)cc1S(=O)(=O)N1CCCc2cc(CN)ccc21. The monoisotopic (exact) mass is 346 g/mol. The summed E-state index contributed by atoms with van der Waals surface area (Å²) in [5.74, 6) is 0.367. The zero-order valence-corrected chi connectivity index (χ0v) is 14.8. The molecule has 1 aliphatic heterocycles. The van der Waals surface area contributed by atoms with Crippen molar-refractivity contribution in [3.63, 3.8) is 0 Å². The highest BCUT2D eigenvalue weighted by Gasteiger charge is 2.31. The van der Waals surface area contributed by atoms with Gasteiger partial charge in [0.05, 0.1) is 12.8 Å². The average molecular weight is 346 g/mol. The number of hydrogen-bond donors (Lipinski definition) is 1. The van der Waals surface area contributed by atoms with Gasteiger partial charge >= 0.3 is 0 Å². The molecule has 6 heteroatoms. The van der Waals surface area contributed by atoms with Crippen LogP contribution in [0.1, 0.15) is 23.1 Å². The van der Waals surface area contributed by atoms with E-state index in [0.717, 1.165) is 35.2 Å². The number of hydrogen-bond acceptors (Lipinski definition) is 4. The molecule has 0 bridgehead atoms. The van der Waals surface area contributed by atoms with E-state index in [4.69, 9.17) is 10.5 Å². The zero-order valence-electron chi connectivity index (χ0n) is 14.0. The Balaban J connectivity index is 2.11. The molecule has 0 saturated carbocycles. The smallest absolute Gasteiger partial charge is 0.268 e. The highest BCUT2D eigenvalue weighted by atomic mass is 32.2. The van der Waals surface area contributed by atoms with Gasteiger partial charge in [-0.05, 0) is 54.7 Å². The molecule has 2 aromatic rings. The van der Waals surface area contributed by atoms with Crippen LogP contribution in [-0.2, 0) is 23.0 Å². The maximum Gasteiger partial charge on any atom is 0.268 e. The van der Waals surface area contributed by atoms with Crippen LogP contribution < -0.4 is 14.8 Å². The molecule has 0 amide bonds. The van der Waals surface area contributed by atoms with Crippen molar-refractivity contribution >= 4 is 15.7 Å². The highest BCUT2D eigenvalue weighted by molar-refractivity contribution is 7.93. The van der Waals surface area contributed by atoms with Gasteiger partial charge in [0.15, 0.2) is 0 Å². The van der Waals surface area contributed by atoms with E-state index < -0.39 is 10.0 Å². The van der Waals surface area contributed by atoms with Gasteiger partial charge in [0.25, 0.3) is 10.0 Å². The molecule has 0 aromatic heterocycles. The predicted octanol–water partition coefficient (Wildman–Crippen LogP) is 2.60. The summed E-state index contributed by atoms with van der Waals surface area (Å²) in [7, 11) is -2.20. The quantitative estimate of drug-likeness (QED) is 0.923. The third kappa shape index (κ3) is 2.87. The molecule has 2 N–H and O–H groups in total. The van der Waals surface area contributed by atoms with E-state index in [1.54, 1.807) is 12.1 Å². The number of ether oxygens (including phenoxy) is 1. The Bertz CT molecular complexity index is 863. The summed E-state index contributed by atoms with van der Waals surface area (Å²) >= 11 is 0. The summed E-state index contributed by atoms with van der Waals surface area (Å²) in [6.07, 6.45) is 1.65. The molecule has 3 rings (SSSR count). The molecule has 1 aliphatic rings. The lowest BCUT2D eigenvalue weighted by molar-refractivity contribution is 0.402. The maximum atomic E-state index is 13.3. The van der Waals surface area contributed by atoms with Crippen LogP contribution >= 0.6 is 0 Å². The van der Waals surface area contributed by atoms with Gasteiger partial charge in [-0.25, -0.2) is 8.42 Å². The largest absolute Gasteiger partial charge is 0.495 e. The summed E-state index contributed by atoms with van der Waals surface area (Å²) in [4.78, 5) is 0.209. The first-order valence-corrected chi connectivity index (χ1v) is 9.40. The normalized spacial score (nSPS) is 14.4. The first kappa shape index (κ1) is 16.8. The average Bonchev–Trinajstić information content (AvgIpc) is 2.60. The molecule has 24 heavy (non-hydrogen) atoms. The summed E-state index contributed by atoms with van der Waals surface area (Å²) in [6, 6.07) is 11.0. The van der Waals surface area contributed by atoms with Crippen LogP contribution in [0, 0.1) is 6.92 Å². The minimum absolute atomic E-state index is 0.209. The molecular weight excluding hydrogens is 324 g/mol. The van der Waals surface area contributed by atoms with Gasteiger partial charge in [0.2, 0.25) is 0 Å². The fraction of sp³-hybridized carbons (Fsp3) is 0.333. The van der Waals surface area contributed by atoms with Gasteiger partial charge in [-0.2, -0.15) is 0 Å². The van der Waals surface area contributed by atoms with Crippen LogP contribution in [0.15, 0.2) is 41.3 Å². The first-order chi connectivity index (χ1) is 11.5. The number of anilines is 1. The summed E-state index contributed by atoms with van der Waals surface area (Å²) in [6.45, 7) is 2.79. The van der Waals surface area contributed by atoms with Crippen molar-refractivity contribution in [2.45, 2.75) is 31.2 Å². The lowest BCUT2D eigenvalue weighted by Crippen LogP contribution is -2.35. The molecule has 0 unspecified atom stereocenters. The second-order valence-electron chi connectivity index (χ2n) is 6.00. The third-order valence-corrected chi connectivity index (χ3v) is 6.18. The Labute approximate surface area is 143 Å². The summed E-state index contributed by atoms with van der Waals surface area (Å²) in [5.41, 5.74) is 9.36. The fourth-order valence-corrected chi connectivity index (χ4v) is 4.88. The van der Waals surface area contributed by atoms with Gasteiger partial charge in [0.1, 0.15) is 10.6 Å². The van der Waals surface area contributed by atoms with Crippen molar-refractivity contribution in [2.24, 2.45) is 5.73 Å². The maximum absolute atomic E-state index is 13.3. The Morgan fingerprint density at radius 2 is 2.00 bits per heavy atom. The highest BCUT2D eigenvalue weighted by Crippen LogP contribution is 2.35. The van der Waals surface area contributed by atoms with E-state index in [2.05, 4.69) is 0 Å². The number of benzene rings is 2. The van der Waals surface area contributed by atoms with E-state index in [9.17, 15) is 8.42 Å². The molecule has 0 spiro atoms. The van der Waals surface area contributed by atoms with Crippen LogP contribution in [0.4, 0.5) is 5.69 Å². The molecule has 0 saturated heterocycles. The number of rotatable bonds is 4. The second-order valence-corrected chi connectivity index (χ2v) is 7.83. The topological polar surface area (TPSA) is 72.6 Å². The van der Waals surface area contributed by atoms with Gasteiger partial charge in [-0.3, -0.25) is 4.31 Å². The van der Waals surface area contributed by atoms with Gasteiger partial charge in [-0.15, -0.1) is 0 Å². The molecule has 0 radical (unpaired) electrons. The molecule has 0 aliphatic carbocycles. The lowest BCUT2D eigenvalue weighted by Gasteiger charge is -2.31. The summed E-state index contributed by atoms with van der Waals surface area (Å²) in [5, 5.41) is 0. The van der Waals surface area contributed by atoms with Crippen LogP contribution in [-0.4, -0.2) is 22.1 Å².